The molecule has 1 aromatic rings. The molecule has 1 aliphatic rings. The number of halogens is 3. The maximum Gasteiger partial charge on any atom is 0.575 e. The van der Waals surface area contributed by atoms with Crippen molar-refractivity contribution in [3.05, 3.63) is 36.1 Å². The van der Waals surface area contributed by atoms with E-state index in [4.69, 9.17) is 9.47 Å². The molecule has 0 unspecified atom stereocenters. The number of esters is 1. The van der Waals surface area contributed by atoms with Gasteiger partial charge in [0.2, 0.25) is 0 Å². The van der Waals surface area contributed by atoms with E-state index < -0.39 is 18.2 Å². The molecule has 0 amide bonds. The summed E-state index contributed by atoms with van der Waals surface area (Å²) in [5.74, 6) is -1.61. The van der Waals surface area contributed by atoms with Crippen molar-refractivity contribution in [2.45, 2.75) is 46.4 Å². The van der Waals surface area contributed by atoms with Crippen LogP contribution in [0.5, 0.6) is 0 Å². The van der Waals surface area contributed by atoms with Crippen LogP contribution in [0.25, 0.3) is 0 Å². The highest BCUT2D eigenvalue weighted by molar-refractivity contribution is 5.89. The normalized spacial score (nSPS) is 15.9. The minimum atomic E-state index is -4.98. The van der Waals surface area contributed by atoms with Gasteiger partial charge in [-0.05, 0) is 6.42 Å². The number of aromatic nitrogens is 2. The molecule has 2 rings (SSSR count). The van der Waals surface area contributed by atoms with Gasteiger partial charge in [0.1, 0.15) is 12.2 Å². The zero-order valence-electron chi connectivity index (χ0n) is 17.1. The van der Waals surface area contributed by atoms with Crippen molar-refractivity contribution in [1.29, 1.82) is 0 Å². The maximum absolute atomic E-state index is 11.5. The Morgan fingerprint density at radius 3 is 2.10 bits per heavy atom. The molecule has 162 valence electrons. The van der Waals surface area contributed by atoms with E-state index in [1.165, 1.54) is 0 Å². The number of nitrogens with one attached hydrogen (secondary N) is 1. The molecule has 1 aliphatic heterocycles. The Bertz CT molecular complexity index is 740. The number of aliphatic imine (C=N–C) groups is 1. The summed E-state index contributed by atoms with van der Waals surface area (Å²) in [4.78, 5) is 21.9. The second kappa shape index (κ2) is 9.79. The van der Waals surface area contributed by atoms with Crippen molar-refractivity contribution in [1.82, 2.24) is 15.3 Å². The van der Waals surface area contributed by atoms with Crippen LogP contribution in [0, 0.1) is 5.41 Å². The standard InChI is InChI=1S/C12H22N2O2.C6H3F3N2O2/c1-7-9-8-13-10(11(2,3)4)14-12(9,15-5)16-6;7-6(8,9)13-5(12)4-1-10-3-11-2-4/h8H,7H2,1-6H3,(H,13,14);1-3H. The van der Waals surface area contributed by atoms with Gasteiger partial charge in [-0.2, -0.15) is 0 Å². The second-order valence-electron chi connectivity index (χ2n) is 6.83. The highest BCUT2D eigenvalue weighted by Gasteiger charge is 2.38. The molecule has 0 aromatic carbocycles. The number of methoxy groups -OCH3 is 2. The van der Waals surface area contributed by atoms with E-state index in [9.17, 15) is 18.0 Å². The van der Waals surface area contributed by atoms with E-state index in [0.29, 0.717) is 0 Å². The monoisotopic (exact) mass is 418 g/mol. The summed E-state index contributed by atoms with van der Waals surface area (Å²) in [6, 6.07) is 0. The van der Waals surface area contributed by atoms with E-state index >= 15 is 0 Å². The number of nitrogens with zero attached hydrogens (tertiary/aromatic N) is 3. The number of alkyl halides is 3. The van der Waals surface area contributed by atoms with E-state index in [1.807, 2.05) is 6.20 Å². The lowest BCUT2D eigenvalue weighted by Crippen LogP contribution is -2.45. The van der Waals surface area contributed by atoms with Crippen LogP contribution >= 0.6 is 0 Å². The minimum absolute atomic E-state index is 0.0575. The van der Waals surface area contributed by atoms with Crippen LogP contribution < -0.4 is 5.32 Å². The summed E-state index contributed by atoms with van der Waals surface area (Å²) in [5, 5.41) is 3.21. The Hall–Kier alpha value is -2.53. The number of amidine groups is 1. The largest absolute Gasteiger partial charge is 0.575 e. The molecule has 2 heterocycles. The zero-order chi connectivity index (χ0) is 22.3. The first-order valence-electron chi connectivity index (χ1n) is 8.60. The molecule has 8 nitrogen and oxygen atoms in total. The van der Waals surface area contributed by atoms with Gasteiger partial charge >= 0.3 is 12.3 Å². The summed E-state index contributed by atoms with van der Waals surface area (Å²) in [6.45, 7) is 8.34. The highest BCUT2D eigenvalue weighted by Crippen LogP contribution is 2.31. The molecule has 11 heteroatoms. The molecule has 0 fully saturated rings. The Labute approximate surface area is 167 Å². The van der Waals surface area contributed by atoms with Crippen molar-refractivity contribution < 1.29 is 32.2 Å². The average molecular weight is 418 g/mol. The molecule has 1 aromatic heterocycles. The molecular weight excluding hydrogens is 393 g/mol. The third kappa shape index (κ3) is 7.09. The van der Waals surface area contributed by atoms with Crippen molar-refractivity contribution in [3.8, 4) is 0 Å². The van der Waals surface area contributed by atoms with E-state index in [0.717, 1.165) is 36.6 Å². The Morgan fingerprint density at radius 2 is 1.69 bits per heavy atom. The topological polar surface area (TPSA) is 94.9 Å². The summed E-state index contributed by atoms with van der Waals surface area (Å²) >= 11 is 0. The van der Waals surface area contributed by atoms with Gasteiger partial charge in [0.05, 0.1) is 5.56 Å². The number of hydrogen-bond acceptors (Lipinski definition) is 8. The first kappa shape index (κ1) is 24.5. The number of carbonyl (C=O) groups excluding carboxylic acids is 1. The molecular formula is C18H25F3N4O4. The molecule has 0 bridgehead atoms. The van der Waals surface area contributed by atoms with Gasteiger partial charge in [0.25, 0.3) is 5.91 Å². The van der Waals surface area contributed by atoms with Crippen molar-refractivity contribution in [3.63, 3.8) is 0 Å². The minimum Gasteiger partial charge on any atom is -0.369 e. The van der Waals surface area contributed by atoms with Gasteiger partial charge in [0, 0.05) is 43.8 Å². The predicted octanol–water partition coefficient (Wildman–Crippen LogP) is 3.43. The third-order valence-electron chi connectivity index (χ3n) is 3.70. The van der Waals surface area contributed by atoms with Crippen molar-refractivity contribution in [2.75, 3.05) is 14.2 Å². The van der Waals surface area contributed by atoms with Crippen LogP contribution in [0.2, 0.25) is 0 Å². The number of hydrogen-bond donors (Lipinski definition) is 1. The van der Waals surface area contributed by atoms with Crippen LogP contribution in [0.15, 0.2) is 35.5 Å². The van der Waals surface area contributed by atoms with Crippen LogP contribution in [0.4, 0.5) is 13.2 Å². The third-order valence-corrected chi connectivity index (χ3v) is 3.70. The lowest BCUT2D eigenvalue weighted by molar-refractivity contribution is -0.291. The summed E-state index contributed by atoms with van der Waals surface area (Å²) < 4.78 is 48.5. The van der Waals surface area contributed by atoms with E-state index in [1.54, 1.807) is 14.2 Å². The Kier molecular flexibility index (Phi) is 8.27. The molecule has 29 heavy (non-hydrogen) atoms. The predicted molar refractivity (Wildman–Crippen MR) is 98.7 cm³/mol. The number of rotatable bonds is 4. The van der Waals surface area contributed by atoms with Gasteiger partial charge in [-0.1, -0.05) is 27.7 Å². The molecule has 0 saturated carbocycles. The van der Waals surface area contributed by atoms with Crippen LogP contribution in [0.3, 0.4) is 0 Å². The second-order valence-corrected chi connectivity index (χ2v) is 6.83. The van der Waals surface area contributed by atoms with Crippen LogP contribution in [-0.2, 0) is 14.2 Å². The lowest BCUT2D eigenvalue weighted by atomic mass is 9.93. The smallest absolute Gasteiger partial charge is 0.369 e. The molecule has 0 spiro atoms. The van der Waals surface area contributed by atoms with Gasteiger partial charge in [-0.15, -0.1) is 13.2 Å². The molecule has 0 saturated heterocycles. The van der Waals surface area contributed by atoms with Gasteiger partial charge in [0.15, 0.2) is 0 Å². The van der Waals surface area contributed by atoms with Crippen molar-refractivity contribution in [2.24, 2.45) is 10.4 Å². The fraction of sp³-hybridized carbons (Fsp3) is 0.556. The number of carbonyl (C=O) groups is 1. The summed E-state index contributed by atoms with van der Waals surface area (Å²) in [5.41, 5.74) is 0.586. The summed E-state index contributed by atoms with van der Waals surface area (Å²) in [7, 11) is 3.23. The number of ether oxygens (including phenoxy) is 3. The average Bonchev–Trinajstić information content (AvgIpc) is 2.66. The van der Waals surface area contributed by atoms with E-state index in [-0.39, 0.29) is 11.0 Å². The lowest BCUT2D eigenvalue weighted by Gasteiger charge is -2.35. The Morgan fingerprint density at radius 1 is 1.14 bits per heavy atom. The SMILES string of the molecule is CCC1=CNC(C(C)(C)C)=NC1(OC)OC.O=C(OC(F)(F)F)c1cncnc1. The first-order valence-corrected chi connectivity index (χ1v) is 8.60. The fourth-order valence-corrected chi connectivity index (χ4v) is 2.21. The highest BCUT2D eigenvalue weighted by atomic mass is 19.4. The van der Waals surface area contributed by atoms with E-state index in [2.05, 4.69) is 52.7 Å². The van der Waals surface area contributed by atoms with Gasteiger partial charge in [-0.3, -0.25) is 0 Å². The quantitative estimate of drug-likeness (QED) is 0.591. The van der Waals surface area contributed by atoms with Crippen LogP contribution in [0.1, 0.15) is 44.5 Å². The molecule has 0 atom stereocenters. The maximum atomic E-state index is 11.5. The molecule has 1 N–H and O–H groups in total. The van der Waals surface area contributed by atoms with Crippen LogP contribution in [-0.4, -0.2) is 48.3 Å². The Balaban J connectivity index is 0.000000296. The summed E-state index contributed by atoms with van der Waals surface area (Å²) in [6.07, 6.45) is 0.732. The first-order chi connectivity index (χ1) is 13.4. The zero-order valence-corrected chi connectivity index (χ0v) is 17.1. The van der Waals surface area contributed by atoms with Crippen molar-refractivity contribution >= 4 is 11.8 Å². The van der Waals surface area contributed by atoms with Gasteiger partial charge < -0.3 is 19.5 Å². The molecule has 0 aliphatic carbocycles. The fourth-order valence-electron chi connectivity index (χ4n) is 2.21. The van der Waals surface area contributed by atoms with Gasteiger partial charge in [-0.25, -0.2) is 19.8 Å². The molecule has 0 radical (unpaired) electrons.